The van der Waals surface area contributed by atoms with E-state index in [0.717, 1.165) is 16.2 Å². The van der Waals surface area contributed by atoms with Gasteiger partial charge in [0.2, 0.25) is 0 Å². The molecule has 2 rings (SSSR count). The number of thiophene rings is 1. The summed E-state index contributed by atoms with van der Waals surface area (Å²) >= 11 is 1.39. The second-order valence-electron chi connectivity index (χ2n) is 4.79. The summed E-state index contributed by atoms with van der Waals surface area (Å²) in [7, 11) is 0. The molecule has 0 aliphatic rings. The molecule has 0 bridgehead atoms. The SMILES string of the molecule is Cc1cc(C(=O)NC(C)Cc2ccco2)sc1C#CCN. The number of carbonyl (C=O) groups excluding carboxylic acids is 1. The van der Waals surface area contributed by atoms with Crippen molar-refractivity contribution < 1.29 is 9.21 Å². The highest BCUT2D eigenvalue weighted by Crippen LogP contribution is 2.21. The number of carbonyl (C=O) groups is 1. The molecule has 0 aliphatic heterocycles. The van der Waals surface area contributed by atoms with Crippen LogP contribution in [0.5, 0.6) is 0 Å². The molecule has 0 radical (unpaired) electrons. The van der Waals surface area contributed by atoms with Crippen LogP contribution in [0.4, 0.5) is 0 Å². The van der Waals surface area contributed by atoms with Gasteiger partial charge in [0.05, 0.1) is 22.6 Å². The standard InChI is InChI=1S/C16H18N2O2S/c1-11-9-15(21-14(11)6-3-7-17)16(19)18-12(2)10-13-5-4-8-20-13/h4-5,8-9,12H,7,10,17H2,1-2H3,(H,18,19). The molecule has 2 heterocycles. The Balaban J connectivity index is 2.00. The molecule has 2 aromatic rings. The Labute approximate surface area is 128 Å². The lowest BCUT2D eigenvalue weighted by Crippen LogP contribution is -2.33. The van der Waals surface area contributed by atoms with Gasteiger partial charge in [0.15, 0.2) is 0 Å². The number of nitrogens with one attached hydrogen (secondary N) is 1. The van der Waals surface area contributed by atoms with Crippen LogP contribution >= 0.6 is 11.3 Å². The second kappa shape index (κ2) is 7.11. The highest BCUT2D eigenvalue weighted by molar-refractivity contribution is 7.14. The molecule has 1 atom stereocenters. The minimum atomic E-state index is -0.0806. The van der Waals surface area contributed by atoms with Crippen LogP contribution in [0, 0.1) is 18.8 Å². The first-order valence-corrected chi connectivity index (χ1v) is 7.54. The van der Waals surface area contributed by atoms with Crippen LogP contribution in [0.3, 0.4) is 0 Å². The van der Waals surface area contributed by atoms with E-state index in [1.54, 1.807) is 6.26 Å². The molecule has 0 aliphatic carbocycles. The van der Waals surface area contributed by atoms with Crippen molar-refractivity contribution in [2.75, 3.05) is 6.54 Å². The average molecular weight is 302 g/mol. The van der Waals surface area contributed by atoms with Gasteiger partial charge in [0.1, 0.15) is 5.76 Å². The molecule has 0 saturated heterocycles. The Morgan fingerprint density at radius 2 is 2.38 bits per heavy atom. The van der Waals surface area contributed by atoms with Gasteiger partial charge in [-0.2, -0.15) is 0 Å². The first-order valence-electron chi connectivity index (χ1n) is 6.72. The molecular formula is C16H18N2O2S. The van der Waals surface area contributed by atoms with E-state index in [2.05, 4.69) is 17.2 Å². The predicted molar refractivity (Wildman–Crippen MR) is 84.3 cm³/mol. The Bertz CT molecular complexity index is 662. The summed E-state index contributed by atoms with van der Waals surface area (Å²) in [6.45, 7) is 4.22. The summed E-state index contributed by atoms with van der Waals surface area (Å²) in [5.41, 5.74) is 6.37. The van der Waals surface area contributed by atoms with Crippen LogP contribution in [0.15, 0.2) is 28.9 Å². The minimum Gasteiger partial charge on any atom is -0.469 e. The third-order valence-corrected chi connectivity index (χ3v) is 4.06. The van der Waals surface area contributed by atoms with E-state index in [9.17, 15) is 4.79 Å². The molecule has 0 fully saturated rings. The van der Waals surface area contributed by atoms with E-state index in [1.165, 1.54) is 11.3 Å². The van der Waals surface area contributed by atoms with Crippen molar-refractivity contribution in [3.05, 3.63) is 45.5 Å². The van der Waals surface area contributed by atoms with Crippen molar-refractivity contribution in [3.8, 4) is 11.8 Å². The fourth-order valence-electron chi connectivity index (χ4n) is 1.93. The van der Waals surface area contributed by atoms with E-state index in [4.69, 9.17) is 10.2 Å². The molecule has 2 aromatic heterocycles. The Morgan fingerprint density at radius 1 is 1.57 bits per heavy atom. The van der Waals surface area contributed by atoms with Crippen molar-refractivity contribution in [1.82, 2.24) is 5.32 Å². The van der Waals surface area contributed by atoms with Crippen molar-refractivity contribution in [2.45, 2.75) is 26.3 Å². The van der Waals surface area contributed by atoms with Crippen LogP contribution in [0.25, 0.3) is 0 Å². The smallest absolute Gasteiger partial charge is 0.261 e. The Hall–Kier alpha value is -2.03. The second-order valence-corrected chi connectivity index (χ2v) is 5.84. The minimum absolute atomic E-state index is 0.00429. The molecule has 0 spiro atoms. The third kappa shape index (κ3) is 4.22. The number of hydrogen-bond donors (Lipinski definition) is 2. The quantitative estimate of drug-likeness (QED) is 0.852. The van der Waals surface area contributed by atoms with Gasteiger partial charge in [-0.15, -0.1) is 11.3 Å². The molecule has 110 valence electrons. The monoisotopic (exact) mass is 302 g/mol. The van der Waals surface area contributed by atoms with Crippen molar-refractivity contribution in [1.29, 1.82) is 0 Å². The van der Waals surface area contributed by atoms with E-state index in [-0.39, 0.29) is 11.9 Å². The fourth-order valence-corrected chi connectivity index (χ4v) is 2.88. The zero-order chi connectivity index (χ0) is 15.2. The number of aryl methyl sites for hydroxylation is 1. The number of furan rings is 1. The molecule has 21 heavy (non-hydrogen) atoms. The molecule has 5 heteroatoms. The Morgan fingerprint density at radius 3 is 3.05 bits per heavy atom. The van der Waals surface area contributed by atoms with E-state index in [1.807, 2.05) is 32.0 Å². The zero-order valence-corrected chi connectivity index (χ0v) is 12.9. The molecule has 0 aromatic carbocycles. The van der Waals surface area contributed by atoms with Crippen molar-refractivity contribution >= 4 is 17.2 Å². The van der Waals surface area contributed by atoms with Crippen LogP contribution in [0.2, 0.25) is 0 Å². The first-order chi connectivity index (χ1) is 10.1. The van der Waals surface area contributed by atoms with Crippen LogP contribution < -0.4 is 11.1 Å². The summed E-state index contributed by atoms with van der Waals surface area (Å²) in [4.78, 5) is 13.8. The maximum absolute atomic E-state index is 12.2. The maximum atomic E-state index is 12.2. The van der Waals surface area contributed by atoms with Gasteiger partial charge in [0.25, 0.3) is 5.91 Å². The summed E-state index contributed by atoms with van der Waals surface area (Å²) in [6.07, 6.45) is 2.30. The summed E-state index contributed by atoms with van der Waals surface area (Å²) in [5, 5.41) is 2.97. The molecule has 3 N–H and O–H groups in total. The van der Waals surface area contributed by atoms with Gasteiger partial charge in [-0.05, 0) is 37.6 Å². The van der Waals surface area contributed by atoms with Crippen molar-refractivity contribution in [2.24, 2.45) is 5.73 Å². The highest BCUT2D eigenvalue weighted by Gasteiger charge is 2.14. The lowest BCUT2D eigenvalue weighted by molar-refractivity contribution is 0.0943. The molecule has 0 saturated carbocycles. The number of hydrogen-bond acceptors (Lipinski definition) is 4. The normalized spacial score (nSPS) is 11.6. The molecule has 4 nitrogen and oxygen atoms in total. The van der Waals surface area contributed by atoms with Gasteiger partial charge < -0.3 is 15.5 Å². The van der Waals surface area contributed by atoms with Gasteiger partial charge in [-0.25, -0.2) is 0 Å². The zero-order valence-electron chi connectivity index (χ0n) is 12.1. The summed E-state index contributed by atoms with van der Waals surface area (Å²) in [6, 6.07) is 5.61. The third-order valence-electron chi connectivity index (χ3n) is 2.91. The largest absolute Gasteiger partial charge is 0.469 e. The molecule has 1 amide bonds. The van der Waals surface area contributed by atoms with Crippen molar-refractivity contribution in [3.63, 3.8) is 0 Å². The molecule has 1 unspecified atom stereocenters. The van der Waals surface area contributed by atoms with E-state index < -0.39 is 0 Å². The first kappa shape index (κ1) is 15.4. The lowest BCUT2D eigenvalue weighted by Gasteiger charge is -2.11. The van der Waals surface area contributed by atoms with Crippen LogP contribution in [-0.4, -0.2) is 18.5 Å². The van der Waals surface area contributed by atoms with Gasteiger partial charge in [0, 0.05) is 12.5 Å². The highest BCUT2D eigenvalue weighted by atomic mass is 32.1. The van der Waals surface area contributed by atoms with Crippen LogP contribution in [0.1, 0.15) is 32.8 Å². The van der Waals surface area contributed by atoms with Gasteiger partial charge in [-0.1, -0.05) is 11.8 Å². The van der Waals surface area contributed by atoms with Crippen LogP contribution in [-0.2, 0) is 6.42 Å². The van der Waals surface area contributed by atoms with Gasteiger partial charge >= 0.3 is 0 Å². The van der Waals surface area contributed by atoms with Gasteiger partial charge in [-0.3, -0.25) is 4.79 Å². The molecular weight excluding hydrogens is 284 g/mol. The maximum Gasteiger partial charge on any atom is 0.261 e. The lowest BCUT2D eigenvalue weighted by atomic mass is 10.2. The number of rotatable bonds is 4. The van der Waals surface area contributed by atoms with E-state index >= 15 is 0 Å². The average Bonchev–Trinajstić information content (AvgIpc) is 3.06. The van der Waals surface area contributed by atoms with E-state index in [0.29, 0.717) is 17.8 Å². The summed E-state index contributed by atoms with van der Waals surface area (Å²) < 4.78 is 5.28. The topological polar surface area (TPSA) is 68.3 Å². The predicted octanol–water partition coefficient (Wildman–Crippen LogP) is 2.32. The number of nitrogens with two attached hydrogens (primary N) is 1. The Kier molecular flexibility index (Phi) is 5.20. The fraction of sp³-hybridized carbons (Fsp3) is 0.312. The number of amides is 1. The summed E-state index contributed by atoms with van der Waals surface area (Å²) in [5.74, 6) is 6.58.